The summed E-state index contributed by atoms with van der Waals surface area (Å²) in [5.41, 5.74) is 0.580. The molecular formula is C14H14FNO4S2. The number of carboxylic acids is 1. The molecule has 2 aromatic rings. The second-order valence-electron chi connectivity index (χ2n) is 4.53. The zero-order chi connectivity index (χ0) is 16.5. The number of thiophene rings is 1. The number of carbonyl (C=O) groups is 1. The number of hydrogen-bond acceptors (Lipinski definition) is 4. The highest BCUT2D eigenvalue weighted by atomic mass is 32.2. The number of sulfonamides is 1. The van der Waals surface area contributed by atoms with Crippen LogP contribution in [-0.2, 0) is 10.0 Å². The maximum absolute atomic E-state index is 13.3. The lowest BCUT2D eigenvalue weighted by atomic mass is 10.3. The lowest BCUT2D eigenvalue weighted by molar-refractivity contribution is 0.0701. The average Bonchev–Trinajstić information content (AvgIpc) is 2.82. The number of nitrogens with zero attached hydrogens (tertiary/aromatic N) is 1. The van der Waals surface area contributed by atoms with E-state index in [1.807, 2.05) is 0 Å². The Morgan fingerprint density at radius 1 is 1.36 bits per heavy atom. The van der Waals surface area contributed by atoms with Crippen LogP contribution in [0, 0.1) is 12.7 Å². The molecule has 0 fully saturated rings. The molecule has 0 unspecified atom stereocenters. The molecule has 0 atom stereocenters. The molecule has 118 valence electrons. The van der Waals surface area contributed by atoms with Crippen molar-refractivity contribution in [3.05, 3.63) is 46.6 Å². The number of halogens is 1. The van der Waals surface area contributed by atoms with Gasteiger partial charge in [-0.15, -0.1) is 11.3 Å². The Hall–Kier alpha value is -1.93. The van der Waals surface area contributed by atoms with Crippen LogP contribution in [0.25, 0.3) is 0 Å². The predicted molar refractivity (Wildman–Crippen MR) is 82.6 cm³/mol. The lowest BCUT2D eigenvalue weighted by Gasteiger charge is -2.21. The van der Waals surface area contributed by atoms with Gasteiger partial charge in [-0.3, -0.25) is 4.31 Å². The zero-order valence-corrected chi connectivity index (χ0v) is 13.5. The summed E-state index contributed by atoms with van der Waals surface area (Å²) >= 11 is 0.694. The van der Waals surface area contributed by atoms with E-state index in [0.29, 0.717) is 16.9 Å². The zero-order valence-electron chi connectivity index (χ0n) is 11.9. The first-order chi connectivity index (χ1) is 10.3. The van der Waals surface area contributed by atoms with Gasteiger partial charge >= 0.3 is 5.97 Å². The number of hydrogen-bond donors (Lipinski definition) is 1. The number of aryl methyl sites for hydroxylation is 1. The number of benzene rings is 1. The Balaban J connectivity index is 2.52. The van der Waals surface area contributed by atoms with Gasteiger partial charge in [0, 0.05) is 6.54 Å². The minimum Gasteiger partial charge on any atom is -0.477 e. The van der Waals surface area contributed by atoms with Gasteiger partial charge in [-0.1, -0.05) is 6.07 Å². The molecule has 1 N–H and O–H groups in total. The van der Waals surface area contributed by atoms with Crippen LogP contribution in [0.2, 0.25) is 0 Å². The second kappa shape index (κ2) is 6.05. The summed E-state index contributed by atoms with van der Waals surface area (Å²) in [7, 11) is -3.93. The molecule has 1 heterocycles. The number of aromatic carboxylic acids is 1. The van der Waals surface area contributed by atoms with E-state index in [9.17, 15) is 17.6 Å². The normalized spacial score (nSPS) is 11.4. The Morgan fingerprint density at radius 3 is 2.55 bits per heavy atom. The molecule has 0 saturated carbocycles. The van der Waals surface area contributed by atoms with Crippen molar-refractivity contribution in [3.63, 3.8) is 0 Å². The molecule has 1 aromatic heterocycles. The second-order valence-corrected chi connectivity index (χ2v) is 7.67. The van der Waals surface area contributed by atoms with E-state index in [2.05, 4.69) is 0 Å². The van der Waals surface area contributed by atoms with Crippen LogP contribution in [0.4, 0.5) is 10.1 Å². The fourth-order valence-electron chi connectivity index (χ4n) is 2.02. The van der Waals surface area contributed by atoms with Crippen LogP contribution in [0.15, 0.2) is 34.5 Å². The molecule has 0 aliphatic rings. The fraction of sp³-hybridized carbons (Fsp3) is 0.214. The molecule has 2 rings (SSSR count). The molecular weight excluding hydrogens is 329 g/mol. The Labute approximate surface area is 131 Å². The number of anilines is 1. The van der Waals surface area contributed by atoms with E-state index in [1.165, 1.54) is 31.2 Å². The molecule has 0 aliphatic carbocycles. The van der Waals surface area contributed by atoms with Crippen LogP contribution in [0.5, 0.6) is 0 Å². The molecule has 0 bridgehead atoms. The van der Waals surface area contributed by atoms with Crippen LogP contribution < -0.4 is 4.31 Å². The molecule has 0 amide bonds. The molecule has 1 aromatic carbocycles. The standard InChI is InChI=1S/C14H14FNO4S2/c1-3-16(11-6-4-5-10(15)8-11)22(19,20)12-7-9(2)13(21-12)14(17)18/h4-8H,3H2,1-2H3,(H,17,18). The van der Waals surface area contributed by atoms with Gasteiger partial charge in [0.05, 0.1) is 5.69 Å². The number of carboxylic acid groups (broad SMARTS) is 1. The summed E-state index contributed by atoms with van der Waals surface area (Å²) in [6.45, 7) is 3.27. The predicted octanol–water partition coefficient (Wildman–Crippen LogP) is 3.11. The van der Waals surface area contributed by atoms with Crippen LogP contribution in [0.1, 0.15) is 22.2 Å². The largest absolute Gasteiger partial charge is 0.477 e. The van der Waals surface area contributed by atoms with E-state index in [1.54, 1.807) is 6.92 Å². The van der Waals surface area contributed by atoms with Crippen molar-refractivity contribution in [1.29, 1.82) is 0 Å². The summed E-state index contributed by atoms with van der Waals surface area (Å²) < 4.78 is 39.7. The summed E-state index contributed by atoms with van der Waals surface area (Å²) in [6.07, 6.45) is 0. The molecule has 0 aliphatic heterocycles. The topological polar surface area (TPSA) is 74.7 Å². The molecule has 0 spiro atoms. The SMILES string of the molecule is CCN(c1cccc(F)c1)S(=O)(=O)c1cc(C)c(C(=O)O)s1. The molecule has 8 heteroatoms. The monoisotopic (exact) mass is 343 g/mol. The van der Waals surface area contributed by atoms with Crippen molar-refractivity contribution in [1.82, 2.24) is 0 Å². The van der Waals surface area contributed by atoms with Gasteiger partial charge in [0.1, 0.15) is 14.9 Å². The van der Waals surface area contributed by atoms with Crippen molar-refractivity contribution in [2.75, 3.05) is 10.8 Å². The van der Waals surface area contributed by atoms with Gasteiger partial charge in [0.15, 0.2) is 0 Å². The van der Waals surface area contributed by atoms with Gasteiger partial charge in [-0.25, -0.2) is 17.6 Å². The van der Waals surface area contributed by atoms with E-state index in [0.717, 1.165) is 10.4 Å². The third-order valence-electron chi connectivity index (χ3n) is 3.02. The average molecular weight is 343 g/mol. The molecule has 5 nitrogen and oxygen atoms in total. The van der Waals surface area contributed by atoms with Crippen molar-refractivity contribution in [2.45, 2.75) is 18.1 Å². The van der Waals surface area contributed by atoms with E-state index < -0.39 is 21.8 Å². The van der Waals surface area contributed by atoms with Gasteiger partial charge in [-0.2, -0.15) is 0 Å². The highest BCUT2D eigenvalue weighted by molar-refractivity contribution is 7.94. The Bertz CT molecular complexity index is 814. The lowest BCUT2D eigenvalue weighted by Crippen LogP contribution is -2.30. The maximum Gasteiger partial charge on any atom is 0.346 e. The third kappa shape index (κ3) is 2.97. The van der Waals surface area contributed by atoms with Crippen LogP contribution in [-0.4, -0.2) is 26.0 Å². The molecule has 0 saturated heterocycles. The smallest absolute Gasteiger partial charge is 0.346 e. The molecule has 22 heavy (non-hydrogen) atoms. The maximum atomic E-state index is 13.3. The summed E-state index contributed by atoms with van der Waals surface area (Å²) in [5, 5.41) is 9.05. The first-order valence-corrected chi connectivity index (χ1v) is 8.65. The number of rotatable bonds is 5. The van der Waals surface area contributed by atoms with Crippen molar-refractivity contribution >= 4 is 33.0 Å². The van der Waals surface area contributed by atoms with Crippen molar-refractivity contribution < 1.29 is 22.7 Å². The van der Waals surface area contributed by atoms with E-state index in [4.69, 9.17) is 5.11 Å². The summed E-state index contributed by atoms with van der Waals surface area (Å²) in [6, 6.07) is 6.58. The minimum absolute atomic E-state index is 0.0196. The Morgan fingerprint density at radius 2 is 2.05 bits per heavy atom. The highest BCUT2D eigenvalue weighted by Gasteiger charge is 2.28. The van der Waals surface area contributed by atoms with E-state index >= 15 is 0 Å². The van der Waals surface area contributed by atoms with Gasteiger partial charge < -0.3 is 5.11 Å². The summed E-state index contributed by atoms with van der Waals surface area (Å²) in [5.74, 6) is -1.71. The van der Waals surface area contributed by atoms with Crippen LogP contribution >= 0.6 is 11.3 Å². The highest BCUT2D eigenvalue weighted by Crippen LogP contribution is 2.31. The van der Waals surface area contributed by atoms with Crippen LogP contribution in [0.3, 0.4) is 0 Å². The quantitative estimate of drug-likeness (QED) is 0.905. The third-order valence-corrected chi connectivity index (χ3v) is 6.59. The first kappa shape index (κ1) is 16.4. The van der Waals surface area contributed by atoms with Gasteiger partial charge in [-0.05, 0) is 43.7 Å². The van der Waals surface area contributed by atoms with Crippen molar-refractivity contribution in [3.8, 4) is 0 Å². The fourth-order valence-corrected chi connectivity index (χ4v) is 4.98. The summed E-state index contributed by atoms with van der Waals surface area (Å²) in [4.78, 5) is 11.0. The molecule has 0 radical (unpaired) electrons. The van der Waals surface area contributed by atoms with Gasteiger partial charge in [0.25, 0.3) is 10.0 Å². The van der Waals surface area contributed by atoms with E-state index in [-0.39, 0.29) is 21.3 Å². The first-order valence-electron chi connectivity index (χ1n) is 6.39. The minimum atomic E-state index is -3.93. The Kier molecular flexibility index (Phi) is 4.52. The van der Waals surface area contributed by atoms with Crippen molar-refractivity contribution in [2.24, 2.45) is 0 Å². The van der Waals surface area contributed by atoms with Gasteiger partial charge in [0.2, 0.25) is 0 Å².